The van der Waals surface area contributed by atoms with Crippen LogP contribution < -0.4 is 0 Å². The lowest BCUT2D eigenvalue weighted by Gasteiger charge is -2.07. The van der Waals surface area contributed by atoms with Crippen molar-refractivity contribution < 1.29 is 0 Å². The highest BCUT2D eigenvalue weighted by Gasteiger charge is 2.11. The summed E-state index contributed by atoms with van der Waals surface area (Å²) < 4.78 is 0. The van der Waals surface area contributed by atoms with Crippen LogP contribution in [-0.2, 0) is 0 Å². The molecule has 1 unspecified atom stereocenters. The molecule has 0 bridgehead atoms. The Labute approximate surface area is 120 Å². The van der Waals surface area contributed by atoms with Crippen molar-refractivity contribution in [2.24, 2.45) is 0 Å². The Morgan fingerprint density at radius 1 is 0.750 bits per heavy atom. The number of fused-ring (bicyclic) bond motifs is 1. The summed E-state index contributed by atoms with van der Waals surface area (Å²) in [5.41, 5.74) is 5.30. The number of hydrogen-bond donors (Lipinski definition) is 0. The molecule has 0 spiro atoms. The topological polar surface area (TPSA) is 0 Å². The zero-order valence-corrected chi connectivity index (χ0v) is 11.7. The van der Waals surface area contributed by atoms with Gasteiger partial charge in [0.05, 0.1) is 0 Å². The first-order valence-corrected chi connectivity index (χ1v) is 7.05. The Hall–Kier alpha value is -2.34. The van der Waals surface area contributed by atoms with Gasteiger partial charge in [-0.05, 0) is 28.2 Å². The van der Waals surface area contributed by atoms with E-state index in [1.54, 1.807) is 0 Å². The SMILES string of the molecule is CC(/C=C/c1ccccc1)c1ccc2cccccc1-2. The molecule has 0 aliphatic heterocycles. The lowest BCUT2D eigenvalue weighted by Crippen LogP contribution is -1.88. The van der Waals surface area contributed by atoms with Crippen molar-refractivity contribution in [3.63, 3.8) is 0 Å². The molecule has 0 radical (unpaired) electrons. The molecule has 98 valence electrons. The fourth-order valence-corrected chi connectivity index (χ4v) is 2.56. The largest absolute Gasteiger partial charge is 0.0767 e. The molecule has 0 saturated heterocycles. The molecule has 1 atom stereocenters. The fraction of sp³-hybridized carbons (Fsp3) is 0.100. The van der Waals surface area contributed by atoms with E-state index in [4.69, 9.17) is 0 Å². The van der Waals surface area contributed by atoms with E-state index in [-0.39, 0.29) is 0 Å². The van der Waals surface area contributed by atoms with Gasteiger partial charge in [0.15, 0.2) is 0 Å². The minimum Gasteiger partial charge on any atom is -0.0767 e. The Kier molecular flexibility index (Phi) is 3.64. The number of rotatable bonds is 3. The summed E-state index contributed by atoms with van der Waals surface area (Å²) >= 11 is 0. The molecule has 2 aliphatic rings. The molecule has 0 saturated carbocycles. The average molecular weight is 258 g/mol. The van der Waals surface area contributed by atoms with Crippen LogP contribution in [-0.4, -0.2) is 0 Å². The maximum atomic E-state index is 2.27. The van der Waals surface area contributed by atoms with Crippen LogP contribution in [0.5, 0.6) is 0 Å². The Morgan fingerprint density at radius 2 is 1.45 bits per heavy atom. The summed E-state index contributed by atoms with van der Waals surface area (Å²) in [4.78, 5) is 0. The molecular formula is C20H18. The molecule has 0 heterocycles. The van der Waals surface area contributed by atoms with Crippen LogP contribution in [0, 0.1) is 0 Å². The second-order valence-electron chi connectivity index (χ2n) is 5.13. The standard InChI is InChI=1S/C20H18/c1-16(12-13-17-8-4-2-5-9-17)19-15-14-18-10-6-3-7-11-20(18)19/h2-16H,1H3/b13-12+. The molecule has 1 aromatic rings. The smallest absolute Gasteiger partial charge is 0.0000952 e. The lowest BCUT2D eigenvalue weighted by atomic mass is 9.97. The zero-order valence-electron chi connectivity index (χ0n) is 11.7. The first kappa shape index (κ1) is 12.7. The Morgan fingerprint density at radius 3 is 2.25 bits per heavy atom. The van der Waals surface area contributed by atoms with Gasteiger partial charge in [0, 0.05) is 0 Å². The molecule has 0 aromatic heterocycles. The molecule has 20 heavy (non-hydrogen) atoms. The normalized spacial score (nSPS) is 12.8. The first-order valence-electron chi connectivity index (χ1n) is 7.05. The van der Waals surface area contributed by atoms with E-state index in [0.29, 0.717) is 5.92 Å². The number of allylic oxidation sites excluding steroid dienone is 1. The highest BCUT2D eigenvalue weighted by Crippen LogP contribution is 2.33. The number of benzene rings is 1. The van der Waals surface area contributed by atoms with Crippen molar-refractivity contribution in [2.75, 3.05) is 0 Å². The third-order valence-corrected chi connectivity index (χ3v) is 3.69. The summed E-state index contributed by atoms with van der Waals surface area (Å²) in [5, 5.41) is 0. The van der Waals surface area contributed by atoms with Gasteiger partial charge in [0.1, 0.15) is 0 Å². The predicted octanol–water partition coefficient (Wildman–Crippen LogP) is 5.61. The molecule has 1 aromatic carbocycles. The van der Waals surface area contributed by atoms with Crippen LogP contribution in [0.4, 0.5) is 0 Å². The van der Waals surface area contributed by atoms with E-state index in [0.717, 1.165) is 0 Å². The van der Waals surface area contributed by atoms with Gasteiger partial charge in [0.2, 0.25) is 0 Å². The third kappa shape index (κ3) is 2.65. The van der Waals surface area contributed by atoms with Gasteiger partial charge in [-0.1, -0.05) is 91.9 Å². The van der Waals surface area contributed by atoms with E-state index < -0.39 is 0 Å². The summed E-state index contributed by atoms with van der Waals surface area (Å²) in [6.45, 7) is 2.25. The van der Waals surface area contributed by atoms with E-state index in [9.17, 15) is 0 Å². The highest BCUT2D eigenvalue weighted by molar-refractivity contribution is 5.71. The third-order valence-electron chi connectivity index (χ3n) is 3.69. The van der Waals surface area contributed by atoms with E-state index in [1.807, 2.05) is 6.07 Å². The molecule has 0 N–H and O–H groups in total. The Balaban J connectivity index is 1.87. The second kappa shape index (κ2) is 5.75. The molecule has 0 amide bonds. The minimum atomic E-state index is 0.412. The average Bonchev–Trinajstić information content (AvgIpc) is 2.75. The zero-order chi connectivity index (χ0) is 13.8. The maximum Gasteiger partial charge on any atom is -0.0000952 e. The van der Waals surface area contributed by atoms with Gasteiger partial charge in [-0.2, -0.15) is 0 Å². The quantitative estimate of drug-likeness (QED) is 0.573. The van der Waals surface area contributed by atoms with Crippen molar-refractivity contribution in [2.45, 2.75) is 12.8 Å². The van der Waals surface area contributed by atoms with Crippen molar-refractivity contribution in [3.05, 3.63) is 90.0 Å². The van der Waals surface area contributed by atoms with Crippen LogP contribution in [0.25, 0.3) is 17.2 Å². The van der Waals surface area contributed by atoms with Gasteiger partial charge in [0.25, 0.3) is 0 Å². The van der Waals surface area contributed by atoms with E-state index >= 15 is 0 Å². The van der Waals surface area contributed by atoms with Gasteiger partial charge in [-0.3, -0.25) is 0 Å². The summed E-state index contributed by atoms with van der Waals surface area (Å²) in [5.74, 6) is 0.412. The van der Waals surface area contributed by atoms with Gasteiger partial charge in [-0.25, -0.2) is 0 Å². The molecular weight excluding hydrogens is 240 g/mol. The first-order chi connectivity index (χ1) is 9.84. The van der Waals surface area contributed by atoms with Crippen molar-refractivity contribution in [3.8, 4) is 11.1 Å². The minimum absolute atomic E-state index is 0.412. The van der Waals surface area contributed by atoms with Crippen LogP contribution in [0.3, 0.4) is 0 Å². The molecule has 2 aliphatic carbocycles. The summed E-state index contributed by atoms with van der Waals surface area (Å²) in [6.07, 6.45) is 4.48. The van der Waals surface area contributed by atoms with Gasteiger partial charge >= 0.3 is 0 Å². The van der Waals surface area contributed by atoms with Crippen molar-refractivity contribution in [1.82, 2.24) is 0 Å². The summed E-state index contributed by atoms with van der Waals surface area (Å²) in [7, 11) is 0. The molecule has 0 nitrogen and oxygen atoms in total. The monoisotopic (exact) mass is 258 g/mol. The molecule has 3 rings (SSSR count). The van der Waals surface area contributed by atoms with Crippen LogP contribution in [0.15, 0.2) is 78.9 Å². The highest BCUT2D eigenvalue weighted by atomic mass is 14.2. The molecule has 0 heteroatoms. The maximum absolute atomic E-state index is 2.27. The summed E-state index contributed by atoms with van der Waals surface area (Å²) in [6, 6.07) is 25.6. The van der Waals surface area contributed by atoms with Crippen molar-refractivity contribution in [1.29, 1.82) is 0 Å². The second-order valence-corrected chi connectivity index (χ2v) is 5.13. The predicted molar refractivity (Wildman–Crippen MR) is 87.0 cm³/mol. The van der Waals surface area contributed by atoms with Crippen LogP contribution in [0.2, 0.25) is 0 Å². The van der Waals surface area contributed by atoms with E-state index in [2.05, 4.69) is 85.8 Å². The van der Waals surface area contributed by atoms with Crippen LogP contribution in [0.1, 0.15) is 24.0 Å². The Bertz CT molecular complexity index is 679. The fourth-order valence-electron chi connectivity index (χ4n) is 2.56. The van der Waals surface area contributed by atoms with Gasteiger partial charge in [-0.15, -0.1) is 0 Å². The van der Waals surface area contributed by atoms with E-state index in [1.165, 1.54) is 22.3 Å². The lowest BCUT2D eigenvalue weighted by molar-refractivity contribution is 0.982. The van der Waals surface area contributed by atoms with Crippen molar-refractivity contribution >= 4 is 6.08 Å². The van der Waals surface area contributed by atoms with Crippen LogP contribution >= 0.6 is 0 Å². The number of hydrogen-bond acceptors (Lipinski definition) is 0. The molecule has 0 fully saturated rings. The van der Waals surface area contributed by atoms with Gasteiger partial charge < -0.3 is 0 Å².